The Hall–Kier alpha value is -4.00. The topological polar surface area (TPSA) is 159 Å². The molecule has 4 heterocycles. The number of thiazole rings is 1. The van der Waals surface area contributed by atoms with E-state index in [0.29, 0.717) is 5.39 Å². The number of likely N-dealkylation sites (tertiary alicyclic amines) is 1. The number of carboxylic acid groups (broad SMARTS) is 1. The summed E-state index contributed by atoms with van der Waals surface area (Å²) in [4.78, 5) is 35.8. The predicted molar refractivity (Wildman–Crippen MR) is 145 cm³/mol. The Balaban J connectivity index is 1.42. The van der Waals surface area contributed by atoms with Gasteiger partial charge in [0, 0.05) is 37.5 Å². The zero-order valence-electron chi connectivity index (χ0n) is 21.8. The largest absolute Gasteiger partial charge is 0.573 e. The number of ether oxygens (including phenoxy) is 1. The molecule has 0 aliphatic carbocycles. The number of amides is 1. The fourth-order valence-corrected chi connectivity index (χ4v) is 7.05. The number of carbonyl (C=O) groups excluding carboxylic acids is 1. The SMILES string of the molecule is Nc1nccc2cc(C[C@H](C(=O)O)N3CC[C@H](N(c4cnc(N5CCC(F)(F)C5)s4)[SH](=O)=O)C3=O)c(OC(F)(F)F)cc12. The molecule has 0 saturated carbocycles. The van der Waals surface area contributed by atoms with E-state index >= 15 is 0 Å². The molecule has 1 amide bonds. The van der Waals surface area contributed by atoms with E-state index in [1.807, 2.05) is 0 Å². The molecule has 2 atom stereocenters. The summed E-state index contributed by atoms with van der Waals surface area (Å²) >= 11 is 0.782. The van der Waals surface area contributed by atoms with Crippen molar-refractivity contribution in [2.24, 2.45) is 0 Å². The lowest BCUT2D eigenvalue weighted by Crippen LogP contribution is -2.48. The monoisotopic (exact) mass is 650 g/mol. The molecule has 19 heteroatoms. The van der Waals surface area contributed by atoms with Crippen molar-refractivity contribution in [3.05, 3.63) is 36.2 Å². The first kappa shape index (κ1) is 30.5. The number of pyridine rings is 1. The number of nitrogen functional groups attached to an aromatic ring is 1. The van der Waals surface area contributed by atoms with Crippen LogP contribution in [0, 0.1) is 0 Å². The molecule has 0 bridgehead atoms. The summed E-state index contributed by atoms with van der Waals surface area (Å²) in [5, 5.41) is 10.6. The minimum Gasteiger partial charge on any atom is -0.480 e. The number of aromatic nitrogens is 2. The first-order valence-corrected chi connectivity index (χ1v) is 14.6. The molecule has 2 aliphatic heterocycles. The van der Waals surface area contributed by atoms with Crippen molar-refractivity contribution in [3.63, 3.8) is 0 Å². The third kappa shape index (κ3) is 6.36. The van der Waals surface area contributed by atoms with E-state index in [2.05, 4.69) is 14.7 Å². The van der Waals surface area contributed by atoms with E-state index in [1.54, 1.807) is 0 Å². The van der Waals surface area contributed by atoms with Gasteiger partial charge in [-0.15, -0.1) is 13.2 Å². The third-order valence-electron chi connectivity index (χ3n) is 7.11. The van der Waals surface area contributed by atoms with Crippen LogP contribution >= 0.6 is 11.3 Å². The highest BCUT2D eigenvalue weighted by atomic mass is 32.2. The standard InChI is InChI=1S/C24H23F5N6O6S2/c25-23(26)3-6-33(11-23)22-32-10-18(42-22)35(43(39)40)15-2-5-34(20(15)36)16(21(37)38)8-13-7-12-1-4-31-19(30)14(12)9-17(13)41-24(27,28)29/h1,4,7,9-10,15-16,43H,2-3,5-6,8,11H2,(H2,30,31)(H,37,38)/t15-,16+/m0/s1. The number of halogens is 5. The summed E-state index contributed by atoms with van der Waals surface area (Å²) in [6, 6.07) is 0.609. The van der Waals surface area contributed by atoms with E-state index < -0.39 is 72.3 Å². The number of fused-ring (bicyclic) bond motifs is 1. The highest BCUT2D eigenvalue weighted by Crippen LogP contribution is 2.38. The second kappa shape index (κ2) is 11.3. The zero-order valence-corrected chi connectivity index (χ0v) is 23.5. The number of nitrogens with zero attached hydrogens (tertiary/aromatic N) is 5. The van der Waals surface area contributed by atoms with E-state index in [0.717, 1.165) is 32.8 Å². The van der Waals surface area contributed by atoms with Crippen molar-refractivity contribution in [2.75, 3.05) is 34.6 Å². The number of thiol groups is 1. The molecule has 0 radical (unpaired) electrons. The van der Waals surface area contributed by atoms with Crippen molar-refractivity contribution in [2.45, 2.75) is 43.6 Å². The molecule has 1 aromatic carbocycles. The van der Waals surface area contributed by atoms with Crippen molar-refractivity contribution in [3.8, 4) is 5.75 Å². The lowest BCUT2D eigenvalue weighted by molar-refractivity contribution is -0.274. The summed E-state index contributed by atoms with van der Waals surface area (Å²) in [7, 11) is -3.46. The van der Waals surface area contributed by atoms with Gasteiger partial charge < -0.3 is 25.4 Å². The molecular formula is C24H23F5N6O6S2. The number of hydrogen-bond acceptors (Lipinski definition) is 10. The van der Waals surface area contributed by atoms with Crippen molar-refractivity contribution >= 4 is 60.8 Å². The van der Waals surface area contributed by atoms with Gasteiger partial charge in [-0.2, -0.15) is 0 Å². The maximum absolute atomic E-state index is 13.7. The maximum Gasteiger partial charge on any atom is 0.573 e. The smallest absolute Gasteiger partial charge is 0.480 e. The predicted octanol–water partition coefficient (Wildman–Crippen LogP) is 2.65. The number of aliphatic carboxylic acids is 1. The minimum atomic E-state index is -5.13. The highest BCUT2D eigenvalue weighted by Gasteiger charge is 2.45. The van der Waals surface area contributed by atoms with Gasteiger partial charge in [0.1, 0.15) is 28.7 Å². The van der Waals surface area contributed by atoms with Crippen LogP contribution in [0.5, 0.6) is 5.75 Å². The average Bonchev–Trinajstić information content (AvgIpc) is 3.62. The number of benzene rings is 1. The van der Waals surface area contributed by atoms with Crippen LogP contribution in [0.2, 0.25) is 0 Å². The molecule has 43 heavy (non-hydrogen) atoms. The van der Waals surface area contributed by atoms with Crippen molar-refractivity contribution < 1.29 is 49.8 Å². The molecule has 0 unspecified atom stereocenters. The average molecular weight is 651 g/mol. The van der Waals surface area contributed by atoms with E-state index in [1.165, 1.54) is 23.2 Å². The van der Waals surface area contributed by atoms with Gasteiger partial charge in [0.25, 0.3) is 5.92 Å². The number of alkyl halides is 5. The van der Waals surface area contributed by atoms with Gasteiger partial charge in [-0.1, -0.05) is 11.3 Å². The summed E-state index contributed by atoms with van der Waals surface area (Å²) in [6.45, 7) is -0.834. The molecule has 0 spiro atoms. The van der Waals surface area contributed by atoms with Crippen LogP contribution in [0.4, 0.5) is 37.9 Å². The van der Waals surface area contributed by atoms with Crippen LogP contribution in [0.1, 0.15) is 18.4 Å². The van der Waals surface area contributed by atoms with Crippen LogP contribution < -0.4 is 19.7 Å². The van der Waals surface area contributed by atoms with Gasteiger partial charge in [0.15, 0.2) is 5.13 Å². The molecule has 12 nitrogen and oxygen atoms in total. The summed E-state index contributed by atoms with van der Waals surface area (Å²) < 4.78 is 96.5. The number of carboxylic acids is 1. The van der Waals surface area contributed by atoms with Crippen molar-refractivity contribution in [1.29, 1.82) is 0 Å². The summed E-state index contributed by atoms with van der Waals surface area (Å²) in [5.41, 5.74) is 5.59. The lowest BCUT2D eigenvalue weighted by atomic mass is 10.00. The second-order valence-corrected chi connectivity index (χ2v) is 11.8. The van der Waals surface area contributed by atoms with Crippen molar-refractivity contribution in [1.82, 2.24) is 14.9 Å². The normalized spacial score (nSPS) is 19.4. The number of nitrogens with two attached hydrogens (primary N) is 1. The second-order valence-electron chi connectivity index (χ2n) is 9.91. The number of anilines is 3. The Labute approximate surface area is 245 Å². The molecular weight excluding hydrogens is 627 g/mol. The Morgan fingerprint density at radius 2 is 2.02 bits per heavy atom. The highest BCUT2D eigenvalue weighted by molar-refractivity contribution is 7.74. The molecule has 3 aromatic rings. The Kier molecular flexibility index (Phi) is 7.97. The van der Waals surface area contributed by atoms with Crippen LogP contribution in [0.3, 0.4) is 0 Å². The van der Waals surface area contributed by atoms with Gasteiger partial charge in [0.05, 0.1) is 12.7 Å². The lowest BCUT2D eigenvalue weighted by Gasteiger charge is -2.27. The fourth-order valence-electron chi connectivity index (χ4n) is 5.17. The number of hydrogen-bond donors (Lipinski definition) is 3. The van der Waals surface area contributed by atoms with Gasteiger partial charge in [0.2, 0.25) is 16.8 Å². The van der Waals surface area contributed by atoms with Gasteiger partial charge >= 0.3 is 12.3 Å². The van der Waals surface area contributed by atoms with Crippen LogP contribution in [-0.2, 0) is 26.9 Å². The maximum atomic E-state index is 13.7. The van der Waals surface area contributed by atoms with Crippen LogP contribution in [0.15, 0.2) is 30.6 Å². The van der Waals surface area contributed by atoms with E-state index in [9.17, 15) is 45.1 Å². The Morgan fingerprint density at radius 3 is 2.65 bits per heavy atom. The first-order chi connectivity index (χ1) is 20.1. The molecule has 2 fully saturated rings. The van der Waals surface area contributed by atoms with Crippen LogP contribution in [-0.4, -0.2) is 84.3 Å². The van der Waals surface area contributed by atoms with Gasteiger partial charge in [-0.3, -0.25) is 4.79 Å². The molecule has 2 saturated heterocycles. The van der Waals surface area contributed by atoms with Gasteiger partial charge in [-0.25, -0.2) is 36.3 Å². The molecule has 2 aliphatic rings. The summed E-state index contributed by atoms with van der Waals surface area (Å²) in [5.74, 6) is -6.19. The molecule has 2 aromatic heterocycles. The van der Waals surface area contributed by atoms with E-state index in [-0.39, 0.29) is 46.4 Å². The molecule has 3 N–H and O–H groups in total. The Bertz CT molecular complexity index is 1640. The van der Waals surface area contributed by atoms with E-state index in [4.69, 9.17) is 5.73 Å². The number of carbonyl (C=O) groups is 2. The molecule has 232 valence electrons. The fraction of sp³-hybridized carbons (Fsp3) is 0.417. The zero-order chi connectivity index (χ0) is 31.3. The van der Waals surface area contributed by atoms with Gasteiger partial charge in [-0.05, 0) is 35.6 Å². The molecule has 5 rings (SSSR count). The quantitative estimate of drug-likeness (QED) is 0.232. The first-order valence-electron chi connectivity index (χ1n) is 12.6. The number of rotatable bonds is 9. The minimum absolute atomic E-state index is 0.00217. The Morgan fingerprint density at radius 1 is 1.28 bits per heavy atom. The summed E-state index contributed by atoms with van der Waals surface area (Å²) in [6.07, 6.45) is -3.85. The van der Waals surface area contributed by atoms with Crippen LogP contribution in [0.25, 0.3) is 10.8 Å². The third-order valence-corrected chi connectivity index (χ3v) is 9.15.